The zero-order chi connectivity index (χ0) is 14.4. The van der Waals surface area contributed by atoms with Crippen molar-refractivity contribution >= 4 is 0 Å². The summed E-state index contributed by atoms with van der Waals surface area (Å²) in [5.41, 5.74) is 9.54. The van der Waals surface area contributed by atoms with Crippen LogP contribution in [0.1, 0.15) is 77.8 Å². The van der Waals surface area contributed by atoms with Gasteiger partial charge in [-0.25, -0.2) is 0 Å². The SMILES string of the molecule is Cc1c(C)c(C)c(C2CCCC3CCCC32)c(C)c1C. The molecule has 0 spiro atoms. The van der Waals surface area contributed by atoms with Crippen LogP contribution in [0, 0.1) is 46.5 Å². The fourth-order valence-corrected chi connectivity index (χ4v) is 5.21. The summed E-state index contributed by atoms with van der Waals surface area (Å²) in [6.45, 7) is 11.7. The zero-order valence-electron chi connectivity index (χ0n) is 14.0. The number of hydrogen-bond acceptors (Lipinski definition) is 0. The summed E-state index contributed by atoms with van der Waals surface area (Å²) in [4.78, 5) is 0. The van der Waals surface area contributed by atoms with Crippen molar-refractivity contribution in [2.45, 2.75) is 79.1 Å². The second-order valence-electron chi connectivity index (χ2n) is 7.43. The van der Waals surface area contributed by atoms with E-state index in [1.807, 2.05) is 0 Å². The topological polar surface area (TPSA) is 0 Å². The Balaban J connectivity index is 2.09. The fourth-order valence-electron chi connectivity index (χ4n) is 5.21. The first-order valence-electron chi connectivity index (χ1n) is 8.59. The lowest BCUT2D eigenvalue weighted by atomic mass is 9.68. The molecule has 2 fully saturated rings. The van der Waals surface area contributed by atoms with Gasteiger partial charge in [0.2, 0.25) is 0 Å². The summed E-state index contributed by atoms with van der Waals surface area (Å²) in [6.07, 6.45) is 8.86. The molecule has 0 heterocycles. The number of hydrogen-bond donors (Lipinski definition) is 0. The third-order valence-electron chi connectivity index (χ3n) is 6.75. The van der Waals surface area contributed by atoms with Crippen molar-refractivity contribution in [1.82, 2.24) is 0 Å². The van der Waals surface area contributed by atoms with Crippen molar-refractivity contribution in [1.29, 1.82) is 0 Å². The third kappa shape index (κ3) is 2.03. The molecule has 0 heteroatoms. The Morgan fingerprint density at radius 3 is 1.70 bits per heavy atom. The zero-order valence-corrected chi connectivity index (χ0v) is 14.0. The van der Waals surface area contributed by atoms with Crippen LogP contribution in [0.4, 0.5) is 0 Å². The van der Waals surface area contributed by atoms with Gasteiger partial charge in [-0.05, 0) is 98.6 Å². The van der Waals surface area contributed by atoms with Crippen molar-refractivity contribution in [3.8, 4) is 0 Å². The van der Waals surface area contributed by atoms with Crippen molar-refractivity contribution in [3.05, 3.63) is 33.4 Å². The van der Waals surface area contributed by atoms with Crippen molar-refractivity contribution in [2.24, 2.45) is 11.8 Å². The minimum atomic E-state index is 0.856. The molecule has 3 atom stereocenters. The van der Waals surface area contributed by atoms with Crippen molar-refractivity contribution in [3.63, 3.8) is 0 Å². The van der Waals surface area contributed by atoms with E-state index in [-0.39, 0.29) is 0 Å². The van der Waals surface area contributed by atoms with E-state index < -0.39 is 0 Å². The Bertz CT molecular complexity index is 494. The molecule has 1 aromatic rings. The highest BCUT2D eigenvalue weighted by Gasteiger charge is 2.38. The second-order valence-corrected chi connectivity index (χ2v) is 7.43. The molecule has 0 aliphatic heterocycles. The average molecular weight is 270 g/mol. The summed E-state index contributed by atoms with van der Waals surface area (Å²) in [6, 6.07) is 0. The monoisotopic (exact) mass is 270 g/mol. The molecule has 2 saturated carbocycles. The average Bonchev–Trinajstić information content (AvgIpc) is 2.92. The molecule has 0 nitrogen and oxygen atoms in total. The van der Waals surface area contributed by atoms with Crippen LogP contribution in [-0.4, -0.2) is 0 Å². The maximum Gasteiger partial charge on any atom is -0.0126 e. The highest BCUT2D eigenvalue weighted by atomic mass is 14.4. The fraction of sp³-hybridized carbons (Fsp3) is 0.700. The summed E-state index contributed by atoms with van der Waals surface area (Å²) in [5.74, 6) is 2.88. The quantitative estimate of drug-likeness (QED) is 0.595. The first-order valence-corrected chi connectivity index (χ1v) is 8.59. The number of fused-ring (bicyclic) bond motifs is 1. The van der Waals surface area contributed by atoms with E-state index in [4.69, 9.17) is 0 Å². The van der Waals surface area contributed by atoms with Crippen LogP contribution in [0.25, 0.3) is 0 Å². The Labute approximate surface area is 125 Å². The first-order chi connectivity index (χ1) is 9.52. The van der Waals surface area contributed by atoms with Gasteiger partial charge in [-0.1, -0.05) is 25.7 Å². The minimum absolute atomic E-state index is 0.856. The van der Waals surface area contributed by atoms with Gasteiger partial charge in [0, 0.05) is 0 Å². The molecule has 3 rings (SSSR count). The van der Waals surface area contributed by atoms with Gasteiger partial charge in [0.1, 0.15) is 0 Å². The number of rotatable bonds is 1. The van der Waals surface area contributed by atoms with E-state index >= 15 is 0 Å². The van der Waals surface area contributed by atoms with E-state index in [1.165, 1.54) is 44.1 Å². The molecule has 3 unspecified atom stereocenters. The van der Waals surface area contributed by atoms with Gasteiger partial charge in [0.25, 0.3) is 0 Å². The Hall–Kier alpha value is -0.780. The maximum atomic E-state index is 2.38. The van der Waals surface area contributed by atoms with E-state index in [9.17, 15) is 0 Å². The van der Waals surface area contributed by atoms with Gasteiger partial charge in [-0.15, -0.1) is 0 Å². The molecule has 0 saturated heterocycles. The predicted octanol–water partition coefficient (Wildman–Crippen LogP) is 5.91. The molecule has 20 heavy (non-hydrogen) atoms. The third-order valence-corrected chi connectivity index (χ3v) is 6.75. The molecule has 1 aromatic carbocycles. The molecule has 0 amide bonds. The van der Waals surface area contributed by atoms with Gasteiger partial charge >= 0.3 is 0 Å². The van der Waals surface area contributed by atoms with Crippen LogP contribution in [0.2, 0.25) is 0 Å². The lowest BCUT2D eigenvalue weighted by molar-refractivity contribution is 0.237. The lowest BCUT2D eigenvalue weighted by Gasteiger charge is -2.37. The van der Waals surface area contributed by atoms with E-state index in [2.05, 4.69) is 34.6 Å². The Morgan fingerprint density at radius 1 is 0.600 bits per heavy atom. The molecular formula is C20H30. The lowest BCUT2D eigenvalue weighted by Crippen LogP contribution is -2.24. The summed E-state index contributed by atoms with van der Waals surface area (Å²) < 4.78 is 0. The molecule has 2 aliphatic carbocycles. The first kappa shape index (κ1) is 14.2. The van der Waals surface area contributed by atoms with Crippen LogP contribution >= 0.6 is 0 Å². The van der Waals surface area contributed by atoms with E-state index in [0.717, 1.165) is 17.8 Å². The molecule has 0 radical (unpaired) electrons. The Morgan fingerprint density at radius 2 is 1.10 bits per heavy atom. The van der Waals surface area contributed by atoms with E-state index in [0.29, 0.717) is 0 Å². The molecule has 0 bridgehead atoms. The van der Waals surface area contributed by atoms with Crippen LogP contribution in [0.3, 0.4) is 0 Å². The Kier molecular flexibility index (Phi) is 3.69. The van der Waals surface area contributed by atoms with Crippen molar-refractivity contribution in [2.75, 3.05) is 0 Å². The molecular weight excluding hydrogens is 240 g/mol. The predicted molar refractivity (Wildman–Crippen MR) is 87.6 cm³/mol. The van der Waals surface area contributed by atoms with E-state index in [1.54, 1.807) is 27.8 Å². The summed E-state index contributed by atoms with van der Waals surface area (Å²) >= 11 is 0. The minimum Gasteiger partial charge on any atom is -0.0527 e. The standard InChI is InChI=1S/C20H30/c1-12-13(2)15(4)20(16(5)14(12)3)19-11-7-9-17-8-6-10-18(17)19/h17-19H,6-11H2,1-5H3. The molecule has 0 N–H and O–H groups in total. The van der Waals surface area contributed by atoms with Gasteiger partial charge < -0.3 is 0 Å². The van der Waals surface area contributed by atoms with Gasteiger partial charge in [0.15, 0.2) is 0 Å². The summed E-state index contributed by atoms with van der Waals surface area (Å²) in [7, 11) is 0. The van der Waals surface area contributed by atoms with Gasteiger partial charge in [-0.2, -0.15) is 0 Å². The van der Waals surface area contributed by atoms with Gasteiger partial charge in [-0.3, -0.25) is 0 Å². The second kappa shape index (κ2) is 5.20. The van der Waals surface area contributed by atoms with Crippen LogP contribution in [0.15, 0.2) is 0 Å². The van der Waals surface area contributed by atoms with Crippen LogP contribution in [0.5, 0.6) is 0 Å². The van der Waals surface area contributed by atoms with Crippen molar-refractivity contribution < 1.29 is 0 Å². The number of benzene rings is 1. The van der Waals surface area contributed by atoms with Crippen LogP contribution < -0.4 is 0 Å². The summed E-state index contributed by atoms with van der Waals surface area (Å²) in [5, 5.41) is 0. The molecule has 0 aromatic heterocycles. The largest absolute Gasteiger partial charge is 0.0527 e. The highest BCUT2D eigenvalue weighted by molar-refractivity contribution is 5.51. The smallest absolute Gasteiger partial charge is 0.0126 e. The molecule has 2 aliphatic rings. The highest BCUT2D eigenvalue weighted by Crippen LogP contribution is 2.51. The van der Waals surface area contributed by atoms with Crippen LogP contribution in [-0.2, 0) is 0 Å². The normalized spacial score (nSPS) is 29.6. The molecule has 110 valence electrons. The maximum absolute atomic E-state index is 2.38. The van der Waals surface area contributed by atoms with Gasteiger partial charge in [0.05, 0.1) is 0 Å².